The summed E-state index contributed by atoms with van der Waals surface area (Å²) >= 11 is 0. The third-order valence-corrected chi connectivity index (χ3v) is 2.90. The third kappa shape index (κ3) is 1.93. The monoisotopic (exact) mass is 260 g/mol. The summed E-state index contributed by atoms with van der Waals surface area (Å²) in [5.41, 5.74) is 1.48. The molecule has 0 radical (unpaired) electrons. The van der Waals surface area contributed by atoms with Gasteiger partial charge in [0.2, 0.25) is 0 Å². The van der Waals surface area contributed by atoms with E-state index in [9.17, 15) is 8.78 Å². The highest BCUT2D eigenvalue weighted by Gasteiger charge is 2.13. The summed E-state index contributed by atoms with van der Waals surface area (Å²) in [5, 5.41) is 0. The number of hydrogen-bond donors (Lipinski definition) is 1. The van der Waals surface area contributed by atoms with E-state index in [1.807, 2.05) is 0 Å². The molecule has 1 heterocycles. The second kappa shape index (κ2) is 4.35. The first-order chi connectivity index (χ1) is 9.19. The van der Waals surface area contributed by atoms with Gasteiger partial charge in [0.05, 0.1) is 23.7 Å². The van der Waals surface area contributed by atoms with Gasteiger partial charge in [0.25, 0.3) is 0 Å². The lowest BCUT2D eigenvalue weighted by molar-refractivity contribution is 0.415. The largest absolute Gasteiger partial charge is 0.497 e. The second-order valence-corrected chi connectivity index (χ2v) is 4.07. The number of aromatic nitrogens is 2. The lowest BCUT2D eigenvalue weighted by atomic mass is 10.2. The Kier molecular flexibility index (Phi) is 2.67. The van der Waals surface area contributed by atoms with Crippen molar-refractivity contribution in [3.05, 3.63) is 48.0 Å². The molecule has 0 aliphatic heterocycles. The topological polar surface area (TPSA) is 37.9 Å². The first kappa shape index (κ1) is 11.6. The molecule has 0 unspecified atom stereocenters. The fourth-order valence-corrected chi connectivity index (χ4v) is 1.93. The van der Waals surface area contributed by atoms with Crippen LogP contribution in [0.5, 0.6) is 5.75 Å². The van der Waals surface area contributed by atoms with Crippen molar-refractivity contribution in [1.29, 1.82) is 0 Å². The van der Waals surface area contributed by atoms with Gasteiger partial charge >= 0.3 is 0 Å². The van der Waals surface area contributed by atoms with Crippen molar-refractivity contribution in [2.45, 2.75) is 0 Å². The van der Waals surface area contributed by atoms with Crippen LogP contribution >= 0.6 is 0 Å². The average Bonchev–Trinajstić information content (AvgIpc) is 2.84. The van der Waals surface area contributed by atoms with E-state index in [4.69, 9.17) is 4.74 Å². The molecule has 0 fully saturated rings. The maximum Gasteiger partial charge on any atom is 0.169 e. The smallest absolute Gasteiger partial charge is 0.169 e. The number of fused-ring (bicyclic) bond motifs is 1. The van der Waals surface area contributed by atoms with Crippen LogP contribution in [0.3, 0.4) is 0 Å². The Balaban J connectivity index is 2.18. The fourth-order valence-electron chi connectivity index (χ4n) is 1.93. The summed E-state index contributed by atoms with van der Waals surface area (Å²) in [6.07, 6.45) is 0. The Labute approximate surface area is 107 Å². The Morgan fingerprint density at radius 3 is 2.79 bits per heavy atom. The van der Waals surface area contributed by atoms with E-state index >= 15 is 0 Å². The van der Waals surface area contributed by atoms with E-state index in [1.165, 1.54) is 12.1 Å². The molecule has 0 atom stereocenters. The first-order valence-corrected chi connectivity index (χ1v) is 5.67. The zero-order valence-electron chi connectivity index (χ0n) is 10.1. The van der Waals surface area contributed by atoms with Gasteiger partial charge in [-0.05, 0) is 24.3 Å². The van der Waals surface area contributed by atoms with Gasteiger partial charge in [0, 0.05) is 6.07 Å². The quantitative estimate of drug-likeness (QED) is 0.765. The van der Waals surface area contributed by atoms with E-state index in [2.05, 4.69) is 9.97 Å². The van der Waals surface area contributed by atoms with Crippen LogP contribution in [0, 0.1) is 11.6 Å². The Morgan fingerprint density at radius 2 is 2.00 bits per heavy atom. The van der Waals surface area contributed by atoms with Gasteiger partial charge in [-0.2, -0.15) is 0 Å². The minimum absolute atomic E-state index is 0.107. The molecule has 0 bridgehead atoms. The molecule has 0 spiro atoms. The Bertz CT molecular complexity index is 752. The van der Waals surface area contributed by atoms with Crippen molar-refractivity contribution < 1.29 is 13.5 Å². The van der Waals surface area contributed by atoms with Crippen molar-refractivity contribution in [1.82, 2.24) is 9.97 Å². The highest BCUT2D eigenvalue weighted by molar-refractivity contribution is 5.80. The molecule has 1 aromatic heterocycles. The minimum Gasteiger partial charge on any atom is -0.497 e. The molecule has 19 heavy (non-hydrogen) atoms. The van der Waals surface area contributed by atoms with Crippen molar-refractivity contribution in [2.75, 3.05) is 7.11 Å². The Morgan fingerprint density at radius 1 is 1.16 bits per heavy atom. The number of aromatic amines is 1. The molecule has 1 N–H and O–H groups in total. The molecule has 2 aromatic carbocycles. The average molecular weight is 260 g/mol. The molecule has 3 aromatic rings. The van der Waals surface area contributed by atoms with Gasteiger partial charge in [-0.1, -0.05) is 6.07 Å². The third-order valence-electron chi connectivity index (χ3n) is 2.90. The first-order valence-electron chi connectivity index (χ1n) is 5.67. The second-order valence-electron chi connectivity index (χ2n) is 4.07. The summed E-state index contributed by atoms with van der Waals surface area (Å²) in [5.74, 6) is -0.841. The molecular formula is C14H10F2N2O. The van der Waals surface area contributed by atoms with Gasteiger partial charge in [0.15, 0.2) is 11.6 Å². The summed E-state index contributed by atoms with van der Waals surface area (Å²) in [4.78, 5) is 7.20. The summed E-state index contributed by atoms with van der Waals surface area (Å²) in [6, 6.07) is 9.27. The zero-order chi connectivity index (χ0) is 13.4. The van der Waals surface area contributed by atoms with Gasteiger partial charge in [0.1, 0.15) is 11.6 Å². The molecule has 0 saturated carbocycles. The molecule has 0 saturated heterocycles. The number of H-pyrrole nitrogens is 1. The highest BCUT2D eigenvalue weighted by Crippen LogP contribution is 2.26. The highest BCUT2D eigenvalue weighted by atomic mass is 19.2. The van der Waals surface area contributed by atoms with Crippen molar-refractivity contribution >= 4 is 11.0 Å². The summed E-state index contributed by atoms with van der Waals surface area (Å²) < 4.78 is 32.0. The van der Waals surface area contributed by atoms with Crippen LogP contribution in [0.25, 0.3) is 22.4 Å². The van der Waals surface area contributed by atoms with Crippen LogP contribution < -0.4 is 4.74 Å². The number of imidazole rings is 1. The van der Waals surface area contributed by atoms with Crippen LogP contribution in [0.2, 0.25) is 0 Å². The van der Waals surface area contributed by atoms with Gasteiger partial charge in [-0.15, -0.1) is 0 Å². The van der Waals surface area contributed by atoms with Crippen LogP contribution in [-0.4, -0.2) is 17.1 Å². The van der Waals surface area contributed by atoms with E-state index in [-0.39, 0.29) is 5.56 Å². The molecular weight excluding hydrogens is 250 g/mol. The molecule has 96 valence electrons. The maximum absolute atomic E-state index is 13.7. The van der Waals surface area contributed by atoms with Crippen molar-refractivity contribution in [3.8, 4) is 17.1 Å². The van der Waals surface area contributed by atoms with Gasteiger partial charge in [-0.3, -0.25) is 0 Å². The number of benzene rings is 2. The lowest BCUT2D eigenvalue weighted by Crippen LogP contribution is -1.90. The number of hydrogen-bond acceptors (Lipinski definition) is 2. The zero-order valence-corrected chi connectivity index (χ0v) is 10.1. The standard InChI is InChI=1S/C14H10F2N2O/c1-19-8-5-6-11-12(7-8)18-14(17-11)9-3-2-4-10(15)13(9)16/h2-7H,1H3,(H,17,18). The van der Waals surface area contributed by atoms with Crippen LogP contribution in [0.4, 0.5) is 8.78 Å². The van der Waals surface area contributed by atoms with Crippen LogP contribution in [0.15, 0.2) is 36.4 Å². The molecule has 3 rings (SSSR count). The van der Waals surface area contributed by atoms with Crippen LogP contribution in [0.1, 0.15) is 0 Å². The number of ether oxygens (including phenoxy) is 1. The summed E-state index contributed by atoms with van der Waals surface area (Å²) in [7, 11) is 1.56. The minimum atomic E-state index is -0.909. The fraction of sp³-hybridized carbons (Fsp3) is 0.0714. The number of halogens is 2. The normalized spacial score (nSPS) is 10.9. The molecule has 3 nitrogen and oxygen atoms in total. The Hall–Kier alpha value is -2.43. The SMILES string of the molecule is COc1ccc2nc(-c3cccc(F)c3F)[nH]c2c1. The van der Waals surface area contributed by atoms with Crippen molar-refractivity contribution in [2.24, 2.45) is 0 Å². The molecule has 0 aliphatic rings. The molecule has 0 amide bonds. The van der Waals surface area contributed by atoms with Gasteiger partial charge in [-0.25, -0.2) is 13.8 Å². The van der Waals surface area contributed by atoms with E-state index in [1.54, 1.807) is 25.3 Å². The van der Waals surface area contributed by atoms with E-state index in [0.29, 0.717) is 22.6 Å². The predicted molar refractivity (Wildman–Crippen MR) is 68.0 cm³/mol. The van der Waals surface area contributed by atoms with Gasteiger partial charge < -0.3 is 9.72 Å². The number of methoxy groups -OCH3 is 1. The summed E-state index contributed by atoms with van der Waals surface area (Å²) in [6.45, 7) is 0. The van der Waals surface area contributed by atoms with E-state index < -0.39 is 11.6 Å². The predicted octanol–water partition coefficient (Wildman–Crippen LogP) is 3.52. The maximum atomic E-state index is 13.7. The van der Waals surface area contributed by atoms with Crippen molar-refractivity contribution in [3.63, 3.8) is 0 Å². The number of nitrogens with one attached hydrogen (secondary N) is 1. The number of rotatable bonds is 2. The molecule has 5 heteroatoms. The van der Waals surface area contributed by atoms with E-state index in [0.717, 1.165) is 6.07 Å². The number of nitrogens with zero attached hydrogens (tertiary/aromatic N) is 1. The lowest BCUT2D eigenvalue weighted by Gasteiger charge is -1.99. The molecule has 0 aliphatic carbocycles. The van der Waals surface area contributed by atoms with Crippen LogP contribution in [-0.2, 0) is 0 Å².